The molecule has 1 fully saturated rings. The molecule has 3 rings (SSSR count). The van der Waals surface area contributed by atoms with Gasteiger partial charge in [-0.05, 0) is 49.6 Å². The molecule has 1 aliphatic carbocycles. The molecule has 1 amide bonds. The van der Waals surface area contributed by atoms with Crippen molar-refractivity contribution < 1.29 is 23.5 Å². The van der Waals surface area contributed by atoms with E-state index in [1.54, 1.807) is 36.4 Å². The van der Waals surface area contributed by atoms with Crippen LogP contribution in [0.1, 0.15) is 54.9 Å². The smallest absolute Gasteiger partial charge is 0.342 e. The van der Waals surface area contributed by atoms with Crippen molar-refractivity contribution in [2.45, 2.75) is 57.3 Å². The van der Waals surface area contributed by atoms with Crippen LogP contribution in [0.3, 0.4) is 0 Å². The lowest BCUT2D eigenvalue weighted by Gasteiger charge is -2.32. The molecule has 0 bridgehead atoms. The van der Waals surface area contributed by atoms with E-state index in [9.17, 15) is 19.2 Å². The number of nitrogens with one attached hydrogen (secondary N) is 1. The zero-order valence-corrected chi connectivity index (χ0v) is 17.4. The SMILES string of the molecule is C[C@H](OC(=O)c1ccccc1OCc1ccc(F)cc1)C(=O)NC1(C#N)CCCCC1. The third kappa shape index (κ3) is 5.82. The summed E-state index contributed by atoms with van der Waals surface area (Å²) in [5.41, 5.74) is 0.0233. The Balaban J connectivity index is 1.62. The van der Waals surface area contributed by atoms with Crippen molar-refractivity contribution >= 4 is 11.9 Å². The molecule has 162 valence electrons. The first-order valence-electron chi connectivity index (χ1n) is 10.3. The number of ether oxygens (including phenoxy) is 2. The summed E-state index contributed by atoms with van der Waals surface area (Å²) in [5, 5.41) is 12.3. The Morgan fingerprint density at radius 2 is 1.81 bits per heavy atom. The third-order valence-corrected chi connectivity index (χ3v) is 5.35. The van der Waals surface area contributed by atoms with Crippen molar-refractivity contribution in [1.82, 2.24) is 5.32 Å². The van der Waals surface area contributed by atoms with Crippen molar-refractivity contribution in [3.8, 4) is 11.8 Å². The summed E-state index contributed by atoms with van der Waals surface area (Å²) in [5.74, 6) is -1.25. The average molecular weight is 424 g/mol. The fraction of sp³-hybridized carbons (Fsp3) is 0.375. The predicted molar refractivity (Wildman–Crippen MR) is 112 cm³/mol. The van der Waals surface area contributed by atoms with Crippen molar-refractivity contribution in [3.63, 3.8) is 0 Å². The van der Waals surface area contributed by atoms with Gasteiger partial charge in [0.15, 0.2) is 6.10 Å². The summed E-state index contributed by atoms with van der Waals surface area (Å²) in [6.07, 6.45) is 2.91. The zero-order chi connectivity index (χ0) is 22.3. The lowest BCUT2D eigenvalue weighted by Crippen LogP contribution is -2.52. The first-order chi connectivity index (χ1) is 14.9. The number of hydrogen-bond donors (Lipinski definition) is 1. The van der Waals surface area contributed by atoms with Gasteiger partial charge in [0, 0.05) is 0 Å². The van der Waals surface area contributed by atoms with Crippen LogP contribution in [0.2, 0.25) is 0 Å². The van der Waals surface area contributed by atoms with Crippen molar-refractivity contribution in [2.75, 3.05) is 0 Å². The molecule has 31 heavy (non-hydrogen) atoms. The van der Waals surface area contributed by atoms with Crippen molar-refractivity contribution in [3.05, 3.63) is 65.5 Å². The highest BCUT2D eigenvalue weighted by Crippen LogP contribution is 2.28. The minimum Gasteiger partial charge on any atom is -0.488 e. The van der Waals surface area contributed by atoms with Crippen LogP contribution < -0.4 is 10.1 Å². The van der Waals surface area contributed by atoms with Gasteiger partial charge in [-0.15, -0.1) is 0 Å². The molecule has 0 radical (unpaired) electrons. The number of amides is 1. The van der Waals surface area contributed by atoms with Gasteiger partial charge in [0.25, 0.3) is 5.91 Å². The normalized spacial score (nSPS) is 15.9. The number of carbonyl (C=O) groups excluding carboxylic acids is 2. The predicted octanol–water partition coefficient (Wildman–Crippen LogP) is 4.29. The number of benzene rings is 2. The number of carbonyl (C=O) groups is 2. The van der Waals surface area contributed by atoms with E-state index < -0.39 is 23.5 Å². The number of nitrogens with zero attached hydrogens (tertiary/aromatic N) is 1. The second kappa shape index (κ2) is 10.1. The van der Waals surface area contributed by atoms with Crippen LogP contribution >= 0.6 is 0 Å². The van der Waals surface area contributed by atoms with E-state index in [4.69, 9.17) is 9.47 Å². The van der Waals surface area contributed by atoms with Gasteiger partial charge in [-0.1, -0.05) is 43.5 Å². The number of nitriles is 1. The number of halogens is 1. The maximum atomic E-state index is 13.0. The molecule has 6 nitrogen and oxygen atoms in total. The first kappa shape index (κ1) is 22.3. The lowest BCUT2D eigenvalue weighted by atomic mass is 9.83. The molecule has 0 saturated heterocycles. The molecule has 2 aromatic rings. The van der Waals surface area contributed by atoms with Gasteiger partial charge >= 0.3 is 5.97 Å². The molecule has 0 spiro atoms. The molecule has 1 saturated carbocycles. The van der Waals surface area contributed by atoms with Gasteiger partial charge in [-0.25, -0.2) is 9.18 Å². The molecule has 1 aliphatic rings. The Kier molecular flexibility index (Phi) is 7.24. The Hall–Kier alpha value is -3.40. The Bertz CT molecular complexity index is 962. The molecule has 0 aliphatic heterocycles. The summed E-state index contributed by atoms with van der Waals surface area (Å²) < 4.78 is 24.1. The number of esters is 1. The molecule has 0 heterocycles. The van der Waals surface area contributed by atoms with Gasteiger partial charge in [0.05, 0.1) is 6.07 Å². The monoisotopic (exact) mass is 424 g/mol. The van der Waals surface area contributed by atoms with Crippen molar-refractivity contribution in [1.29, 1.82) is 5.26 Å². The van der Waals surface area contributed by atoms with Crippen LogP contribution in [0.5, 0.6) is 5.75 Å². The largest absolute Gasteiger partial charge is 0.488 e. The quantitative estimate of drug-likeness (QED) is 0.670. The summed E-state index contributed by atoms with van der Waals surface area (Å²) in [6, 6.07) is 14.6. The summed E-state index contributed by atoms with van der Waals surface area (Å²) in [4.78, 5) is 25.2. The van der Waals surface area contributed by atoms with Crippen LogP contribution in [-0.2, 0) is 16.1 Å². The summed E-state index contributed by atoms with van der Waals surface area (Å²) >= 11 is 0. The molecular weight excluding hydrogens is 399 g/mol. The Labute approximate surface area is 181 Å². The van der Waals surface area contributed by atoms with Crippen LogP contribution in [0.25, 0.3) is 0 Å². The minimum absolute atomic E-state index is 0.144. The van der Waals surface area contributed by atoms with Crippen LogP contribution in [0.15, 0.2) is 48.5 Å². The fourth-order valence-corrected chi connectivity index (χ4v) is 3.54. The molecule has 1 N–H and O–H groups in total. The first-order valence-corrected chi connectivity index (χ1v) is 10.3. The third-order valence-electron chi connectivity index (χ3n) is 5.35. The van der Waals surface area contributed by atoms with Gasteiger partial charge in [0.2, 0.25) is 0 Å². The standard InChI is InChI=1S/C24H25FN2O4/c1-17(22(28)27-24(16-26)13-5-2-6-14-24)31-23(29)20-7-3-4-8-21(20)30-15-18-9-11-19(25)12-10-18/h3-4,7-12,17H,2,5-6,13-15H2,1H3,(H,27,28)/t17-/m0/s1. The maximum absolute atomic E-state index is 13.0. The maximum Gasteiger partial charge on any atom is 0.342 e. The average Bonchev–Trinajstić information content (AvgIpc) is 2.79. The lowest BCUT2D eigenvalue weighted by molar-refractivity contribution is -0.130. The van der Waals surface area contributed by atoms with E-state index in [0.717, 1.165) is 24.8 Å². The van der Waals surface area contributed by atoms with Gasteiger partial charge in [-0.2, -0.15) is 5.26 Å². The highest BCUT2D eigenvalue weighted by molar-refractivity contribution is 5.94. The van der Waals surface area contributed by atoms with Crippen LogP contribution in [0, 0.1) is 17.1 Å². The molecule has 0 aromatic heterocycles. The highest BCUT2D eigenvalue weighted by atomic mass is 19.1. The Morgan fingerprint density at radius 3 is 2.48 bits per heavy atom. The van der Waals surface area contributed by atoms with E-state index in [2.05, 4.69) is 11.4 Å². The molecular formula is C24H25FN2O4. The topological polar surface area (TPSA) is 88.4 Å². The highest BCUT2D eigenvalue weighted by Gasteiger charge is 2.35. The van der Waals surface area contributed by atoms with Crippen LogP contribution in [0.4, 0.5) is 4.39 Å². The molecule has 1 atom stereocenters. The van der Waals surface area contributed by atoms with Crippen molar-refractivity contribution in [2.24, 2.45) is 0 Å². The molecule has 2 aromatic carbocycles. The van der Waals surface area contributed by atoms with E-state index >= 15 is 0 Å². The Morgan fingerprint density at radius 1 is 1.13 bits per heavy atom. The van der Waals surface area contributed by atoms with Gasteiger partial charge in [-0.3, -0.25) is 4.79 Å². The molecule has 0 unspecified atom stereocenters. The fourth-order valence-electron chi connectivity index (χ4n) is 3.54. The van der Waals surface area contributed by atoms with E-state index in [1.807, 2.05) is 0 Å². The van der Waals surface area contributed by atoms with Crippen LogP contribution in [-0.4, -0.2) is 23.5 Å². The van der Waals surface area contributed by atoms with Gasteiger partial charge < -0.3 is 14.8 Å². The number of hydrogen-bond acceptors (Lipinski definition) is 5. The molecule has 7 heteroatoms. The zero-order valence-electron chi connectivity index (χ0n) is 17.4. The van der Waals surface area contributed by atoms with Gasteiger partial charge in [0.1, 0.15) is 29.3 Å². The van der Waals surface area contributed by atoms with E-state index in [1.165, 1.54) is 19.1 Å². The number of rotatable bonds is 7. The second-order valence-corrected chi connectivity index (χ2v) is 7.70. The summed E-state index contributed by atoms with van der Waals surface area (Å²) in [6.45, 7) is 1.62. The summed E-state index contributed by atoms with van der Waals surface area (Å²) in [7, 11) is 0. The van der Waals surface area contributed by atoms with E-state index in [0.29, 0.717) is 18.6 Å². The second-order valence-electron chi connectivity index (χ2n) is 7.70. The number of para-hydroxylation sites is 1. The minimum atomic E-state index is -1.06. The van der Waals surface area contributed by atoms with E-state index in [-0.39, 0.29) is 18.0 Å².